The number of hydrogen-bond acceptors (Lipinski definition) is 4. The van der Waals surface area contributed by atoms with Crippen LogP contribution in [0.1, 0.15) is 18.1 Å². The molecule has 0 aliphatic rings. The number of ether oxygens (including phenoxy) is 2. The Kier molecular flexibility index (Phi) is 5.41. The highest BCUT2D eigenvalue weighted by Crippen LogP contribution is 2.21. The van der Waals surface area contributed by atoms with Crippen LogP contribution < -0.4 is 5.32 Å². The third-order valence-electron chi connectivity index (χ3n) is 2.81. The zero-order chi connectivity index (χ0) is 12.8. The number of para-hydroxylation sites is 1. The largest absolute Gasteiger partial charge is 0.507 e. The monoisotopic (exact) mass is 239 g/mol. The molecule has 0 amide bonds. The Morgan fingerprint density at radius 3 is 2.53 bits per heavy atom. The molecule has 0 saturated carbocycles. The SMILES string of the molecule is COC(OC)C(C)NCc1cccc(C)c1O. The third kappa shape index (κ3) is 3.70. The lowest BCUT2D eigenvalue weighted by atomic mass is 10.1. The summed E-state index contributed by atoms with van der Waals surface area (Å²) in [5.74, 6) is 0.346. The fourth-order valence-corrected chi connectivity index (χ4v) is 1.73. The van der Waals surface area contributed by atoms with E-state index in [-0.39, 0.29) is 12.3 Å². The first-order valence-corrected chi connectivity index (χ1v) is 5.66. The van der Waals surface area contributed by atoms with Crippen molar-refractivity contribution in [2.24, 2.45) is 0 Å². The highest BCUT2D eigenvalue weighted by atomic mass is 16.7. The zero-order valence-electron chi connectivity index (χ0n) is 10.9. The number of methoxy groups -OCH3 is 2. The molecule has 0 aromatic heterocycles. The first-order valence-electron chi connectivity index (χ1n) is 5.66. The van der Waals surface area contributed by atoms with Crippen LogP contribution in [0.2, 0.25) is 0 Å². The van der Waals surface area contributed by atoms with E-state index >= 15 is 0 Å². The van der Waals surface area contributed by atoms with Gasteiger partial charge in [0.25, 0.3) is 0 Å². The number of aryl methyl sites for hydroxylation is 1. The van der Waals surface area contributed by atoms with Crippen LogP contribution in [0.5, 0.6) is 5.75 Å². The van der Waals surface area contributed by atoms with E-state index in [2.05, 4.69) is 5.32 Å². The van der Waals surface area contributed by atoms with Gasteiger partial charge in [0.1, 0.15) is 5.75 Å². The van der Waals surface area contributed by atoms with E-state index in [1.807, 2.05) is 32.0 Å². The summed E-state index contributed by atoms with van der Waals surface area (Å²) < 4.78 is 10.3. The Hall–Kier alpha value is -1.10. The molecule has 4 heteroatoms. The minimum Gasteiger partial charge on any atom is -0.507 e. The molecule has 0 bridgehead atoms. The number of phenols is 1. The van der Waals surface area contributed by atoms with Crippen molar-refractivity contribution in [3.05, 3.63) is 29.3 Å². The molecule has 1 atom stereocenters. The standard InChI is InChI=1S/C13H21NO3/c1-9-6-5-7-11(12(9)15)8-14-10(2)13(16-3)17-4/h5-7,10,13-15H,8H2,1-4H3. The molecule has 0 aliphatic heterocycles. The molecular weight excluding hydrogens is 218 g/mol. The molecule has 96 valence electrons. The van der Waals surface area contributed by atoms with Crippen molar-refractivity contribution in [2.75, 3.05) is 14.2 Å². The zero-order valence-corrected chi connectivity index (χ0v) is 10.9. The Bertz CT molecular complexity index is 351. The van der Waals surface area contributed by atoms with Gasteiger partial charge in [-0.1, -0.05) is 18.2 Å². The number of aromatic hydroxyl groups is 1. The second-order valence-corrected chi connectivity index (χ2v) is 4.09. The van der Waals surface area contributed by atoms with E-state index < -0.39 is 0 Å². The Morgan fingerprint density at radius 2 is 1.94 bits per heavy atom. The number of nitrogens with one attached hydrogen (secondary N) is 1. The average molecular weight is 239 g/mol. The van der Waals surface area contributed by atoms with Crippen molar-refractivity contribution < 1.29 is 14.6 Å². The molecule has 0 fully saturated rings. The molecule has 0 aliphatic carbocycles. The fourth-order valence-electron chi connectivity index (χ4n) is 1.73. The lowest BCUT2D eigenvalue weighted by Gasteiger charge is -2.22. The average Bonchev–Trinajstić information content (AvgIpc) is 2.32. The maximum atomic E-state index is 9.86. The summed E-state index contributed by atoms with van der Waals surface area (Å²) in [7, 11) is 3.22. The quantitative estimate of drug-likeness (QED) is 0.743. The van der Waals surface area contributed by atoms with Crippen LogP contribution in [-0.2, 0) is 16.0 Å². The molecule has 1 unspecified atom stereocenters. The van der Waals surface area contributed by atoms with Crippen LogP contribution >= 0.6 is 0 Å². The summed E-state index contributed by atoms with van der Waals surface area (Å²) in [4.78, 5) is 0. The van der Waals surface area contributed by atoms with Gasteiger partial charge < -0.3 is 19.9 Å². The lowest BCUT2D eigenvalue weighted by molar-refractivity contribution is -0.119. The van der Waals surface area contributed by atoms with E-state index in [0.29, 0.717) is 12.3 Å². The summed E-state index contributed by atoms with van der Waals surface area (Å²) in [5, 5.41) is 13.1. The number of benzene rings is 1. The van der Waals surface area contributed by atoms with Crippen LogP contribution in [0.15, 0.2) is 18.2 Å². The molecule has 1 rings (SSSR count). The van der Waals surface area contributed by atoms with Gasteiger partial charge in [-0.15, -0.1) is 0 Å². The minimum atomic E-state index is -0.290. The molecule has 17 heavy (non-hydrogen) atoms. The van der Waals surface area contributed by atoms with Gasteiger partial charge in [-0.05, 0) is 19.4 Å². The van der Waals surface area contributed by atoms with Gasteiger partial charge in [-0.3, -0.25) is 0 Å². The van der Waals surface area contributed by atoms with Crippen LogP contribution in [0.3, 0.4) is 0 Å². The van der Waals surface area contributed by atoms with Crippen LogP contribution in [0, 0.1) is 6.92 Å². The van der Waals surface area contributed by atoms with Crippen molar-refractivity contribution in [2.45, 2.75) is 32.7 Å². The Balaban J connectivity index is 2.58. The molecule has 4 nitrogen and oxygen atoms in total. The van der Waals surface area contributed by atoms with Crippen molar-refractivity contribution >= 4 is 0 Å². The van der Waals surface area contributed by atoms with Gasteiger partial charge in [0.05, 0.1) is 6.04 Å². The van der Waals surface area contributed by atoms with Crippen LogP contribution in [-0.4, -0.2) is 31.7 Å². The van der Waals surface area contributed by atoms with E-state index in [9.17, 15) is 5.11 Å². The Morgan fingerprint density at radius 1 is 1.29 bits per heavy atom. The summed E-state index contributed by atoms with van der Waals surface area (Å²) in [6, 6.07) is 5.76. The van der Waals surface area contributed by atoms with Crippen molar-refractivity contribution in [3.8, 4) is 5.75 Å². The van der Waals surface area contributed by atoms with Gasteiger partial charge in [-0.2, -0.15) is 0 Å². The van der Waals surface area contributed by atoms with Gasteiger partial charge in [-0.25, -0.2) is 0 Å². The summed E-state index contributed by atoms with van der Waals surface area (Å²) >= 11 is 0. The molecule has 0 saturated heterocycles. The molecule has 0 spiro atoms. The number of rotatable bonds is 6. The van der Waals surface area contributed by atoms with E-state index in [1.54, 1.807) is 14.2 Å². The number of hydrogen-bond donors (Lipinski definition) is 2. The normalized spacial score (nSPS) is 13.0. The Labute approximate surface area is 103 Å². The van der Waals surface area contributed by atoms with Crippen molar-refractivity contribution in [1.82, 2.24) is 5.32 Å². The number of phenolic OH excluding ortho intramolecular Hbond substituents is 1. The summed E-state index contributed by atoms with van der Waals surface area (Å²) in [5.41, 5.74) is 1.76. The van der Waals surface area contributed by atoms with Gasteiger partial charge in [0.15, 0.2) is 6.29 Å². The predicted octanol–water partition coefficient (Wildman–Crippen LogP) is 1.80. The highest BCUT2D eigenvalue weighted by Gasteiger charge is 2.15. The fraction of sp³-hybridized carbons (Fsp3) is 0.538. The van der Waals surface area contributed by atoms with E-state index in [1.165, 1.54) is 0 Å². The second kappa shape index (κ2) is 6.59. The summed E-state index contributed by atoms with van der Waals surface area (Å²) in [6.07, 6.45) is -0.290. The van der Waals surface area contributed by atoms with Gasteiger partial charge in [0.2, 0.25) is 0 Å². The first-order chi connectivity index (χ1) is 8.10. The molecule has 1 aromatic carbocycles. The third-order valence-corrected chi connectivity index (χ3v) is 2.81. The van der Waals surface area contributed by atoms with Crippen LogP contribution in [0.25, 0.3) is 0 Å². The maximum Gasteiger partial charge on any atom is 0.171 e. The molecule has 1 aromatic rings. The van der Waals surface area contributed by atoms with Crippen LogP contribution in [0.4, 0.5) is 0 Å². The molecule has 2 N–H and O–H groups in total. The predicted molar refractivity (Wildman–Crippen MR) is 67.0 cm³/mol. The van der Waals surface area contributed by atoms with Crippen molar-refractivity contribution in [1.29, 1.82) is 0 Å². The molecule has 0 radical (unpaired) electrons. The van der Waals surface area contributed by atoms with Gasteiger partial charge >= 0.3 is 0 Å². The van der Waals surface area contributed by atoms with E-state index in [0.717, 1.165) is 11.1 Å². The summed E-state index contributed by atoms with van der Waals surface area (Å²) in [6.45, 7) is 4.44. The highest BCUT2D eigenvalue weighted by molar-refractivity contribution is 5.39. The topological polar surface area (TPSA) is 50.7 Å². The minimum absolute atomic E-state index is 0.0462. The smallest absolute Gasteiger partial charge is 0.171 e. The second-order valence-electron chi connectivity index (χ2n) is 4.09. The van der Waals surface area contributed by atoms with E-state index in [4.69, 9.17) is 9.47 Å². The first kappa shape index (κ1) is 14.0. The van der Waals surface area contributed by atoms with Gasteiger partial charge in [0, 0.05) is 26.3 Å². The lowest BCUT2D eigenvalue weighted by Crippen LogP contribution is -2.39. The maximum absolute atomic E-state index is 9.86. The van der Waals surface area contributed by atoms with Crippen molar-refractivity contribution in [3.63, 3.8) is 0 Å². The molecule has 0 heterocycles. The molecular formula is C13H21NO3.